The third-order valence-corrected chi connectivity index (χ3v) is 1.64. The number of nitrogens with one attached hydrogen (secondary N) is 2. The van der Waals surface area contributed by atoms with Crippen LogP contribution in [0.25, 0.3) is 0 Å². The Morgan fingerprint density at radius 3 is 2.85 bits per heavy atom. The van der Waals surface area contributed by atoms with Gasteiger partial charge in [0.15, 0.2) is 0 Å². The minimum Gasteiger partial charge on any atom is -0.357 e. The first kappa shape index (κ1) is 9.80. The van der Waals surface area contributed by atoms with Crippen molar-refractivity contribution in [2.45, 2.75) is 26.4 Å². The fraction of sp³-hybridized carbons (Fsp3) is 0.444. The number of aromatic amines is 1. The highest BCUT2D eigenvalue weighted by Crippen LogP contribution is 2.02. The molecule has 0 unspecified atom stereocenters. The van der Waals surface area contributed by atoms with E-state index in [4.69, 9.17) is 5.73 Å². The Balaban J connectivity index is 2.66. The van der Waals surface area contributed by atoms with Crippen molar-refractivity contribution in [3.8, 4) is 0 Å². The summed E-state index contributed by atoms with van der Waals surface area (Å²) in [6.45, 7) is 4.29. The lowest BCUT2D eigenvalue weighted by molar-refractivity contribution is 0.0938. The molecule has 0 saturated heterocycles. The van der Waals surface area contributed by atoms with Gasteiger partial charge in [0.25, 0.3) is 5.91 Å². The van der Waals surface area contributed by atoms with E-state index in [2.05, 4.69) is 10.3 Å². The molecule has 1 aromatic heterocycles. The Morgan fingerprint density at radius 2 is 2.38 bits per heavy atom. The molecule has 13 heavy (non-hydrogen) atoms. The van der Waals surface area contributed by atoms with E-state index < -0.39 is 0 Å². The van der Waals surface area contributed by atoms with Gasteiger partial charge in [-0.3, -0.25) is 4.79 Å². The van der Waals surface area contributed by atoms with Crippen LogP contribution in [0.5, 0.6) is 0 Å². The first-order valence-corrected chi connectivity index (χ1v) is 4.31. The van der Waals surface area contributed by atoms with Crippen molar-refractivity contribution >= 4 is 5.91 Å². The van der Waals surface area contributed by atoms with Crippen LogP contribution in [0.3, 0.4) is 0 Å². The van der Waals surface area contributed by atoms with E-state index in [0.29, 0.717) is 12.2 Å². The van der Waals surface area contributed by atoms with Crippen LogP contribution < -0.4 is 11.1 Å². The molecular formula is C9H15N3O. The van der Waals surface area contributed by atoms with Crippen LogP contribution in [0.1, 0.15) is 29.9 Å². The largest absolute Gasteiger partial charge is 0.357 e. The number of carbonyl (C=O) groups is 1. The van der Waals surface area contributed by atoms with Crippen LogP contribution in [-0.2, 0) is 6.54 Å². The average Bonchev–Trinajstić information content (AvgIpc) is 2.50. The number of amides is 1. The minimum absolute atomic E-state index is 0.0882. The summed E-state index contributed by atoms with van der Waals surface area (Å²) in [6.07, 6.45) is 1.75. The van der Waals surface area contributed by atoms with Gasteiger partial charge in [-0.05, 0) is 25.5 Å². The van der Waals surface area contributed by atoms with Crippen molar-refractivity contribution in [1.82, 2.24) is 10.3 Å². The number of aromatic nitrogens is 1. The summed E-state index contributed by atoms with van der Waals surface area (Å²) in [5.74, 6) is -0.0882. The van der Waals surface area contributed by atoms with Crippen LogP contribution in [0, 0.1) is 0 Å². The van der Waals surface area contributed by atoms with E-state index >= 15 is 0 Å². The zero-order chi connectivity index (χ0) is 9.84. The van der Waals surface area contributed by atoms with Crippen molar-refractivity contribution < 1.29 is 4.79 Å². The molecule has 0 aliphatic carbocycles. The molecule has 0 radical (unpaired) electrons. The third kappa shape index (κ3) is 2.59. The quantitative estimate of drug-likeness (QED) is 0.639. The molecule has 1 rings (SSSR count). The van der Waals surface area contributed by atoms with Crippen molar-refractivity contribution in [3.63, 3.8) is 0 Å². The van der Waals surface area contributed by atoms with Crippen LogP contribution in [0.15, 0.2) is 12.3 Å². The van der Waals surface area contributed by atoms with Crippen LogP contribution in [0.2, 0.25) is 0 Å². The monoisotopic (exact) mass is 181 g/mol. The summed E-state index contributed by atoms with van der Waals surface area (Å²) in [6, 6.07) is 1.91. The van der Waals surface area contributed by atoms with Gasteiger partial charge in [-0.25, -0.2) is 0 Å². The molecule has 1 amide bonds. The first-order valence-electron chi connectivity index (χ1n) is 4.31. The smallest absolute Gasteiger partial charge is 0.267 e. The second kappa shape index (κ2) is 4.09. The zero-order valence-electron chi connectivity index (χ0n) is 7.92. The molecule has 0 bridgehead atoms. The summed E-state index contributed by atoms with van der Waals surface area (Å²) in [4.78, 5) is 14.3. The van der Waals surface area contributed by atoms with Crippen molar-refractivity contribution in [1.29, 1.82) is 0 Å². The summed E-state index contributed by atoms with van der Waals surface area (Å²) >= 11 is 0. The topological polar surface area (TPSA) is 70.9 Å². The summed E-state index contributed by atoms with van der Waals surface area (Å²) in [5, 5.41) is 2.79. The Kier molecular flexibility index (Phi) is 3.08. The fourth-order valence-corrected chi connectivity index (χ4v) is 1.03. The molecule has 0 saturated carbocycles. The number of hydrogen-bond donors (Lipinski definition) is 3. The molecule has 0 aliphatic heterocycles. The van der Waals surface area contributed by atoms with Crippen LogP contribution >= 0.6 is 0 Å². The molecule has 0 spiro atoms. The predicted molar refractivity (Wildman–Crippen MR) is 51.3 cm³/mol. The normalized spacial score (nSPS) is 10.5. The molecule has 4 N–H and O–H groups in total. The van der Waals surface area contributed by atoms with Gasteiger partial charge in [-0.2, -0.15) is 0 Å². The Morgan fingerprint density at radius 1 is 1.69 bits per heavy atom. The van der Waals surface area contributed by atoms with E-state index in [1.807, 2.05) is 13.8 Å². The molecule has 0 atom stereocenters. The average molecular weight is 181 g/mol. The molecule has 1 aromatic rings. The maximum Gasteiger partial charge on any atom is 0.267 e. The fourth-order valence-electron chi connectivity index (χ4n) is 1.03. The maximum atomic E-state index is 11.4. The maximum absolute atomic E-state index is 11.4. The lowest BCUT2D eigenvalue weighted by Crippen LogP contribution is -2.30. The first-order chi connectivity index (χ1) is 6.13. The second-order valence-corrected chi connectivity index (χ2v) is 3.25. The highest BCUT2D eigenvalue weighted by molar-refractivity contribution is 5.92. The summed E-state index contributed by atoms with van der Waals surface area (Å²) in [7, 11) is 0. The van der Waals surface area contributed by atoms with E-state index in [1.54, 1.807) is 12.3 Å². The second-order valence-electron chi connectivity index (χ2n) is 3.25. The molecule has 4 nitrogen and oxygen atoms in total. The Labute approximate surface area is 77.5 Å². The highest BCUT2D eigenvalue weighted by atomic mass is 16.1. The Bertz CT molecular complexity index is 291. The minimum atomic E-state index is -0.0882. The van der Waals surface area contributed by atoms with Gasteiger partial charge in [0.1, 0.15) is 5.69 Å². The summed E-state index contributed by atoms with van der Waals surface area (Å²) < 4.78 is 0. The predicted octanol–water partition coefficient (Wildman–Crippen LogP) is 0.612. The van der Waals surface area contributed by atoms with Crippen molar-refractivity contribution in [2.75, 3.05) is 0 Å². The van der Waals surface area contributed by atoms with Crippen molar-refractivity contribution in [3.05, 3.63) is 23.5 Å². The van der Waals surface area contributed by atoms with Gasteiger partial charge in [-0.1, -0.05) is 0 Å². The zero-order valence-corrected chi connectivity index (χ0v) is 7.92. The molecule has 0 aliphatic rings. The molecule has 1 heterocycles. The van der Waals surface area contributed by atoms with E-state index in [9.17, 15) is 4.79 Å². The molecular weight excluding hydrogens is 166 g/mol. The van der Waals surface area contributed by atoms with Gasteiger partial charge in [0.2, 0.25) is 0 Å². The molecule has 4 heteroatoms. The van der Waals surface area contributed by atoms with Gasteiger partial charge in [0.05, 0.1) is 0 Å². The molecule has 0 aromatic carbocycles. The van der Waals surface area contributed by atoms with E-state index in [1.165, 1.54) is 0 Å². The highest BCUT2D eigenvalue weighted by Gasteiger charge is 2.08. The number of H-pyrrole nitrogens is 1. The third-order valence-electron chi connectivity index (χ3n) is 1.64. The van der Waals surface area contributed by atoms with E-state index in [-0.39, 0.29) is 11.9 Å². The van der Waals surface area contributed by atoms with Crippen LogP contribution in [0.4, 0.5) is 0 Å². The SMILES string of the molecule is CC(C)NC(=O)c1cc(CN)c[nH]1. The lowest BCUT2D eigenvalue weighted by atomic mass is 10.3. The summed E-state index contributed by atoms with van der Waals surface area (Å²) in [5.41, 5.74) is 6.92. The molecule has 72 valence electrons. The van der Waals surface area contributed by atoms with Gasteiger partial charge in [-0.15, -0.1) is 0 Å². The lowest BCUT2D eigenvalue weighted by Gasteiger charge is -2.05. The molecule has 0 fully saturated rings. The Hall–Kier alpha value is -1.29. The van der Waals surface area contributed by atoms with Gasteiger partial charge in [0, 0.05) is 18.8 Å². The number of carbonyl (C=O) groups excluding carboxylic acids is 1. The number of nitrogens with two attached hydrogens (primary N) is 1. The number of rotatable bonds is 3. The standard InChI is InChI=1S/C9H15N3O/c1-6(2)12-9(13)8-3-7(4-10)5-11-8/h3,5-6,11H,4,10H2,1-2H3,(H,12,13). The van der Waals surface area contributed by atoms with Crippen molar-refractivity contribution in [2.24, 2.45) is 5.73 Å². The van der Waals surface area contributed by atoms with Crippen LogP contribution in [-0.4, -0.2) is 16.9 Å². The number of hydrogen-bond acceptors (Lipinski definition) is 2. The van der Waals surface area contributed by atoms with E-state index in [0.717, 1.165) is 5.56 Å². The van der Waals surface area contributed by atoms with Gasteiger partial charge < -0.3 is 16.0 Å². The van der Waals surface area contributed by atoms with Gasteiger partial charge >= 0.3 is 0 Å².